The number of aryl methyl sites for hydroxylation is 2. The highest BCUT2D eigenvalue weighted by Gasteiger charge is 2.26. The zero-order chi connectivity index (χ0) is 21.9. The molecule has 0 unspecified atom stereocenters. The highest BCUT2D eigenvalue weighted by atomic mass is 32.2. The van der Waals surface area contributed by atoms with Gasteiger partial charge in [-0.1, -0.05) is 0 Å². The minimum atomic E-state index is -3.57. The average molecular weight is 451 g/mol. The van der Waals surface area contributed by atoms with Gasteiger partial charge < -0.3 is 15.4 Å². The number of hydrogen-bond donors (Lipinski definition) is 2. The van der Waals surface area contributed by atoms with Gasteiger partial charge in [0.2, 0.25) is 10.0 Å². The standard InChI is InChI=1S/C19H22N4O5S2/c1-13-11-14(2)18(23(24)25)12-17(13)21-19(29)20-15-3-5-16(6-4-15)30(26,27)22-7-9-28-10-8-22/h3-6,11-12H,7-10H2,1-2H3,(H2,20,21,29). The minimum Gasteiger partial charge on any atom is -0.379 e. The van der Waals surface area contributed by atoms with Crippen LogP contribution in [-0.4, -0.2) is 49.1 Å². The van der Waals surface area contributed by atoms with E-state index in [1.165, 1.54) is 22.5 Å². The second kappa shape index (κ2) is 9.04. The maximum Gasteiger partial charge on any atom is 0.274 e. The summed E-state index contributed by atoms with van der Waals surface area (Å²) in [7, 11) is -3.57. The molecule has 11 heteroatoms. The molecule has 1 fully saturated rings. The number of hydrogen-bond acceptors (Lipinski definition) is 6. The molecule has 0 aliphatic carbocycles. The van der Waals surface area contributed by atoms with Crippen molar-refractivity contribution in [1.29, 1.82) is 0 Å². The molecule has 0 saturated carbocycles. The van der Waals surface area contributed by atoms with Crippen LogP contribution in [0, 0.1) is 24.0 Å². The van der Waals surface area contributed by atoms with Crippen LogP contribution in [0.5, 0.6) is 0 Å². The molecule has 0 bridgehead atoms. The Balaban J connectivity index is 1.69. The third kappa shape index (κ3) is 4.93. The largest absolute Gasteiger partial charge is 0.379 e. The van der Waals surface area contributed by atoms with Gasteiger partial charge in [0.25, 0.3) is 5.69 Å². The lowest BCUT2D eigenvalue weighted by Gasteiger charge is -2.26. The molecule has 1 saturated heterocycles. The summed E-state index contributed by atoms with van der Waals surface area (Å²) in [5.74, 6) is 0. The number of rotatable bonds is 5. The van der Waals surface area contributed by atoms with E-state index in [0.29, 0.717) is 43.2 Å². The maximum atomic E-state index is 12.7. The number of ether oxygens (including phenoxy) is 1. The van der Waals surface area contributed by atoms with Gasteiger partial charge in [0.15, 0.2) is 5.11 Å². The molecular weight excluding hydrogens is 428 g/mol. The molecule has 2 aromatic carbocycles. The van der Waals surface area contributed by atoms with Crippen molar-refractivity contribution < 1.29 is 18.1 Å². The number of nitro benzene ring substituents is 1. The Bertz CT molecular complexity index is 1070. The summed E-state index contributed by atoms with van der Waals surface area (Å²) in [6.07, 6.45) is 0. The van der Waals surface area contributed by atoms with E-state index in [-0.39, 0.29) is 15.7 Å². The summed E-state index contributed by atoms with van der Waals surface area (Å²) in [5, 5.41) is 17.3. The number of morpholine rings is 1. The number of benzene rings is 2. The Labute approximate surface area is 180 Å². The molecule has 1 heterocycles. The Morgan fingerprint density at radius 2 is 1.73 bits per heavy atom. The van der Waals surface area contributed by atoms with E-state index in [9.17, 15) is 18.5 Å². The summed E-state index contributed by atoms with van der Waals surface area (Å²) in [4.78, 5) is 10.9. The van der Waals surface area contributed by atoms with Crippen LogP contribution < -0.4 is 10.6 Å². The SMILES string of the molecule is Cc1cc(C)c([N+](=O)[O-])cc1NC(=S)Nc1ccc(S(=O)(=O)N2CCOCC2)cc1. The predicted molar refractivity (Wildman–Crippen MR) is 118 cm³/mol. The molecule has 0 radical (unpaired) electrons. The molecule has 1 aliphatic rings. The van der Waals surface area contributed by atoms with E-state index in [4.69, 9.17) is 17.0 Å². The normalized spacial score (nSPS) is 14.9. The van der Waals surface area contributed by atoms with Crippen LogP contribution in [0.25, 0.3) is 0 Å². The summed E-state index contributed by atoms with van der Waals surface area (Å²) in [6.45, 7) is 4.94. The van der Waals surface area contributed by atoms with Gasteiger partial charge >= 0.3 is 0 Å². The monoisotopic (exact) mass is 450 g/mol. The lowest BCUT2D eigenvalue weighted by Crippen LogP contribution is -2.40. The molecule has 9 nitrogen and oxygen atoms in total. The molecule has 30 heavy (non-hydrogen) atoms. The quantitative estimate of drug-likeness (QED) is 0.406. The van der Waals surface area contributed by atoms with E-state index in [0.717, 1.165) is 5.56 Å². The molecule has 160 valence electrons. The fourth-order valence-corrected chi connectivity index (χ4v) is 4.74. The first-order valence-electron chi connectivity index (χ1n) is 9.20. The molecule has 0 atom stereocenters. The van der Waals surface area contributed by atoms with Crippen molar-refractivity contribution in [3.8, 4) is 0 Å². The molecule has 0 aromatic heterocycles. The molecule has 0 amide bonds. The zero-order valence-corrected chi connectivity index (χ0v) is 18.2. The van der Waals surface area contributed by atoms with Gasteiger partial charge in [-0.15, -0.1) is 0 Å². The van der Waals surface area contributed by atoms with Crippen LogP contribution in [-0.2, 0) is 14.8 Å². The second-order valence-electron chi connectivity index (χ2n) is 6.83. The fourth-order valence-electron chi connectivity index (χ4n) is 3.10. The van der Waals surface area contributed by atoms with Crippen LogP contribution in [0.4, 0.5) is 17.1 Å². The first-order valence-corrected chi connectivity index (χ1v) is 11.0. The fraction of sp³-hybridized carbons (Fsp3) is 0.316. The smallest absolute Gasteiger partial charge is 0.274 e. The summed E-state index contributed by atoms with van der Waals surface area (Å²) >= 11 is 5.30. The number of nitrogens with one attached hydrogen (secondary N) is 2. The van der Waals surface area contributed by atoms with Gasteiger partial charge in [0, 0.05) is 30.4 Å². The van der Waals surface area contributed by atoms with Gasteiger partial charge in [-0.05, 0) is 62.0 Å². The lowest BCUT2D eigenvalue weighted by atomic mass is 10.1. The van der Waals surface area contributed by atoms with Gasteiger partial charge in [-0.25, -0.2) is 8.42 Å². The molecule has 3 rings (SSSR count). The summed E-state index contributed by atoms with van der Waals surface area (Å²) in [5.41, 5.74) is 2.50. The van der Waals surface area contributed by atoms with Gasteiger partial charge in [0.05, 0.1) is 28.7 Å². The molecule has 2 aromatic rings. The highest BCUT2D eigenvalue weighted by Crippen LogP contribution is 2.26. The third-order valence-corrected chi connectivity index (χ3v) is 6.82. The Morgan fingerprint density at radius 1 is 1.10 bits per heavy atom. The van der Waals surface area contributed by atoms with Crippen LogP contribution in [0.1, 0.15) is 11.1 Å². The molecular formula is C19H22N4O5S2. The second-order valence-corrected chi connectivity index (χ2v) is 9.18. The van der Waals surface area contributed by atoms with Crippen molar-refractivity contribution >= 4 is 44.4 Å². The number of nitrogens with zero attached hydrogens (tertiary/aromatic N) is 2. The van der Waals surface area contributed by atoms with Crippen molar-refractivity contribution in [3.05, 3.63) is 57.6 Å². The van der Waals surface area contributed by atoms with E-state index >= 15 is 0 Å². The van der Waals surface area contributed by atoms with Crippen molar-refractivity contribution in [3.63, 3.8) is 0 Å². The Hall–Kier alpha value is -2.60. The first kappa shape index (κ1) is 22.1. The average Bonchev–Trinajstić information content (AvgIpc) is 2.71. The van der Waals surface area contributed by atoms with Crippen LogP contribution in [0.2, 0.25) is 0 Å². The molecule has 2 N–H and O–H groups in total. The minimum absolute atomic E-state index is 0.00331. The summed E-state index contributed by atoms with van der Waals surface area (Å²) < 4.78 is 31.9. The zero-order valence-electron chi connectivity index (χ0n) is 16.5. The van der Waals surface area contributed by atoms with Crippen LogP contribution in [0.3, 0.4) is 0 Å². The van der Waals surface area contributed by atoms with Crippen molar-refractivity contribution in [2.45, 2.75) is 18.7 Å². The highest BCUT2D eigenvalue weighted by molar-refractivity contribution is 7.89. The first-order chi connectivity index (χ1) is 14.2. The van der Waals surface area contributed by atoms with E-state index < -0.39 is 14.9 Å². The molecule has 1 aliphatic heterocycles. The van der Waals surface area contributed by atoms with Crippen LogP contribution in [0.15, 0.2) is 41.3 Å². The summed E-state index contributed by atoms with van der Waals surface area (Å²) in [6, 6.07) is 9.41. The number of anilines is 2. The van der Waals surface area contributed by atoms with E-state index in [2.05, 4.69) is 10.6 Å². The Kier molecular flexibility index (Phi) is 6.66. The predicted octanol–water partition coefficient (Wildman–Crippen LogP) is 3.04. The number of sulfonamides is 1. The van der Waals surface area contributed by atoms with Crippen molar-refractivity contribution in [1.82, 2.24) is 4.31 Å². The topological polar surface area (TPSA) is 114 Å². The van der Waals surface area contributed by atoms with Gasteiger partial charge in [0.1, 0.15) is 0 Å². The number of nitro groups is 1. The van der Waals surface area contributed by atoms with Gasteiger partial charge in [-0.3, -0.25) is 10.1 Å². The lowest BCUT2D eigenvalue weighted by molar-refractivity contribution is -0.385. The Morgan fingerprint density at radius 3 is 2.33 bits per heavy atom. The van der Waals surface area contributed by atoms with Gasteiger partial charge in [-0.2, -0.15) is 4.31 Å². The third-order valence-electron chi connectivity index (χ3n) is 4.71. The van der Waals surface area contributed by atoms with E-state index in [1.807, 2.05) is 6.92 Å². The van der Waals surface area contributed by atoms with E-state index in [1.54, 1.807) is 25.1 Å². The van der Waals surface area contributed by atoms with Crippen molar-refractivity contribution in [2.24, 2.45) is 0 Å². The molecule has 0 spiro atoms. The maximum absolute atomic E-state index is 12.7. The van der Waals surface area contributed by atoms with Crippen molar-refractivity contribution in [2.75, 3.05) is 36.9 Å². The number of thiocarbonyl (C=S) groups is 1. The van der Waals surface area contributed by atoms with Crippen LogP contribution >= 0.6 is 12.2 Å².